The molecule has 2 heterocycles. The zero-order chi connectivity index (χ0) is 21.8. The first kappa shape index (κ1) is 21.8. The summed E-state index contributed by atoms with van der Waals surface area (Å²) in [5.74, 6) is 1.23. The maximum absolute atomic E-state index is 13.0. The van der Waals surface area contributed by atoms with Gasteiger partial charge in [0.15, 0.2) is 5.16 Å². The van der Waals surface area contributed by atoms with Gasteiger partial charge in [-0.1, -0.05) is 52.3 Å². The second-order valence-electron chi connectivity index (χ2n) is 6.67. The summed E-state index contributed by atoms with van der Waals surface area (Å²) in [7, 11) is 1.63. The van der Waals surface area contributed by atoms with Crippen LogP contribution in [0.2, 0.25) is 10.0 Å². The van der Waals surface area contributed by atoms with Crippen LogP contribution in [-0.2, 0) is 17.0 Å². The first-order valence-corrected chi connectivity index (χ1v) is 11.2. The van der Waals surface area contributed by atoms with Crippen LogP contribution >= 0.6 is 35.0 Å². The van der Waals surface area contributed by atoms with E-state index in [1.165, 1.54) is 11.8 Å². The summed E-state index contributed by atoms with van der Waals surface area (Å²) in [5.41, 5.74) is 1.20. The van der Waals surface area contributed by atoms with Gasteiger partial charge in [-0.05, 0) is 36.8 Å². The van der Waals surface area contributed by atoms with Gasteiger partial charge in [0.2, 0.25) is 11.7 Å². The van der Waals surface area contributed by atoms with Crippen molar-refractivity contribution in [2.75, 3.05) is 13.7 Å². The van der Waals surface area contributed by atoms with Crippen LogP contribution in [-0.4, -0.2) is 33.4 Å². The number of ether oxygens (including phenoxy) is 1. The van der Waals surface area contributed by atoms with E-state index < -0.39 is 0 Å². The van der Waals surface area contributed by atoms with Crippen LogP contribution in [0.25, 0.3) is 22.3 Å². The van der Waals surface area contributed by atoms with Crippen LogP contribution in [0.5, 0.6) is 0 Å². The third kappa shape index (κ3) is 5.10. The van der Waals surface area contributed by atoms with Gasteiger partial charge in [0.1, 0.15) is 0 Å². The van der Waals surface area contributed by atoms with Crippen molar-refractivity contribution in [3.8, 4) is 11.4 Å². The number of methoxy groups -OCH3 is 1. The molecule has 0 amide bonds. The van der Waals surface area contributed by atoms with Gasteiger partial charge in [0.25, 0.3) is 5.56 Å². The molecule has 4 aromatic rings. The smallest absolute Gasteiger partial charge is 0.262 e. The molecule has 0 saturated heterocycles. The highest BCUT2D eigenvalue weighted by Crippen LogP contribution is 2.25. The number of nitrogens with zero attached hydrogens (tertiary/aromatic N) is 4. The molecule has 0 radical (unpaired) electrons. The number of hydrogen-bond acceptors (Lipinski definition) is 7. The number of rotatable bonds is 8. The lowest BCUT2D eigenvalue weighted by Crippen LogP contribution is -2.24. The van der Waals surface area contributed by atoms with Gasteiger partial charge in [-0.2, -0.15) is 4.98 Å². The van der Waals surface area contributed by atoms with E-state index in [1.807, 2.05) is 12.1 Å². The summed E-state index contributed by atoms with van der Waals surface area (Å²) in [6.45, 7) is 1.03. The summed E-state index contributed by atoms with van der Waals surface area (Å²) in [6, 6.07) is 12.3. The van der Waals surface area contributed by atoms with Crippen LogP contribution in [0, 0.1) is 0 Å². The molecule has 0 bridgehead atoms. The number of halogens is 2. The van der Waals surface area contributed by atoms with Crippen molar-refractivity contribution in [3.05, 3.63) is 68.8 Å². The molecule has 0 aliphatic carbocycles. The van der Waals surface area contributed by atoms with Crippen molar-refractivity contribution in [1.29, 1.82) is 0 Å². The SMILES string of the molecule is COCCCn1c(SCc2nc(-c3cccc(Cl)c3)no2)nc2cc(Cl)ccc2c1=O. The van der Waals surface area contributed by atoms with Crippen molar-refractivity contribution in [3.63, 3.8) is 0 Å². The number of benzene rings is 2. The summed E-state index contributed by atoms with van der Waals surface area (Å²) in [5, 5.41) is 6.21. The Kier molecular flexibility index (Phi) is 6.92. The van der Waals surface area contributed by atoms with Gasteiger partial charge in [0.05, 0.1) is 16.7 Å². The Bertz CT molecular complexity index is 1280. The van der Waals surface area contributed by atoms with Gasteiger partial charge >= 0.3 is 0 Å². The Labute approximate surface area is 192 Å². The molecular formula is C21H18Cl2N4O3S. The normalized spacial score (nSPS) is 11.3. The molecule has 160 valence electrons. The number of thioether (sulfide) groups is 1. The molecule has 2 aromatic heterocycles. The Morgan fingerprint density at radius 1 is 1.13 bits per heavy atom. The second-order valence-corrected chi connectivity index (χ2v) is 8.49. The zero-order valence-corrected chi connectivity index (χ0v) is 18.9. The van der Waals surface area contributed by atoms with Crippen molar-refractivity contribution in [1.82, 2.24) is 19.7 Å². The monoisotopic (exact) mass is 476 g/mol. The number of hydrogen-bond donors (Lipinski definition) is 0. The van der Waals surface area contributed by atoms with Gasteiger partial charge in [-0.3, -0.25) is 9.36 Å². The lowest BCUT2D eigenvalue weighted by atomic mass is 10.2. The molecule has 0 unspecified atom stereocenters. The largest absolute Gasteiger partial charge is 0.385 e. The van der Waals surface area contributed by atoms with Crippen LogP contribution in [0.4, 0.5) is 0 Å². The third-order valence-corrected chi connectivity index (χ3v) is 5.92. The molecular weight excluding hydrogens is 459 g/mol. The van der Waals surface area contributed by atoms with E-state index in [0.29, 0.717) is 63.1 Å². The Morgan fingerprint density at radius 3 is 2.77 bits per heavy atom. The predicted molar refractivity (Wildman–Crippen MR) is 122 cm³/mol. The van der Waals surface area contributed by atoms with Crippen LogP contribution in [0.15, 0.2) is 56.9 Å². The third-order valence-electron chi connectivity index (χ3n) is 4.49. The lowest BCUT2D eigenvalue weighted by molar-refractivity contribution is 0.189. The molecule has 2 aromatic carbocycles. The molecule has 0 fully saturated rings. The predicted octanol–water partition coefficient (Wildman–Crippen LogP) is 5.08. The Hall–Kier alpha value is -2.39. The maximum atomic E-state index is 13.0. The summed E-state index contributed by atoms with van der Waals surface area (Å²) >= 11 is 13.5. The minimum absolute atomic E-state index is 0.120. The number of fused-ring (bicyclic) bond motifs is 1. The van der Waals surface area contributed by atoms with Crippen LogP contribution in [0.3, 0.4) is 0 Å². The van der Waals surface area contributed by atoms with Crippen molar-refractivity contribution < 1.29 is 9.26 Å². The molecule has 0 N–H and O–H groups in total. The maximum Gasteiger partial charge on any atom is 0.262 e. The van der Waals surface area contributed by atoms with Gasteiger partial charge in [0, 0.05) is 35.9 Å². The van der Waals surface area contributed by atoms with E-state index in [1.54, 1.807) is 42.0 Å². The first-order valence-electron chi connectivity index (χ1n) is 9.45. The summed E-state index contributed by atoms with van der Waals surface area (Å²) in [6.07, 6.45) is 0.685. The molecule has 0 spiro atoms. The average Bonchev–Trinajstić information content (AvgIpc) is 3.23. The molecule has 7 nitrogen and oxygen atoms in total. The van der Waals surface area contributed by atoms with Crippen molar-refractivity contribution in [2.45, 2.75) is 23.9 Å². The fourth-order valence-electron chi connectivity index (χ4n) is 3.03. The Balaban J connectivity index is 1.61. The second kappa shape index (κ2) is 9.82. The molecule has 10 heteroatoms. The lowest BCUT2D eigenvalue weighted by Gasteiger charge is -2.12. The molecule has 0 aliphatic heterocycles. The molecule has 0 saturated carbocycles. The van der Waals surface area contributed by atoms with E-state index in [2.05, 4.69) is 15.1 Å². The standard InChI is InChI=1S/C21H18Cl2N4O3S/c1-29-9-3-8-27-20(28)16-7-6-15(23)11-17(16)24-21(27)31-12-18-25-19(26-30-18)13-4-2-5-14(22)10-13/h2,4-7,10-11H,3,8-9,12H2,1H3. The van der Waals surface area contributed by atoms with Crippen LogP contribution in [0.1, 0.15) is 12.3 Å². The zero-order valence-electron chi connectivity index (χ0n) is 16.5. The highest BCUT2D eigenvalue weighted by atomic mass is 35.5. The minimum Gasteiger partial charge on any atom is -0.385 e. The fraction of sp³-hybridized carbons (Fsp3) is 0.238. The molecule has 0 aliphatic rings. The number of aromatic nitrogens is 4. The van der Waals surface area contributed by atoms with E-state index in [9.17, 15) is 4.79 Å². The van der Waals surface area contributed by atoms with Crippen molar-refractivity contribution >= 4 is 45.9 Å². The first-order chi connectivity index (χ1) is 15.0. The molecule has 0 atom stereocenters. The summed E-state index contributed by atoms with van der Waals surface area (Å²) in [4.78, 5) is 22.1. The van der Waals surface area contributed by atoms with E-state index in [-0.39, 0.29) is 5.56 Å². The van der Waals surface area contributed by atoms with E-state index in [4.69, 9.17) is 32.5 Å². The van der Waals surface area contributed by atoms with E-state index in [0.717, 1.165) is 5.56 Å². The van der Waals surface area contributed by atoms with Gasteiger partial charge in [-0.15, -0.1) is 0 Å². The quantitative estimate of drug-likeness (QED) is 0.199. The Morgan fingerprint density at radius 2 is 1.97 bits per heavy atom. The summed E-state index contributed by atoms with van der Waals surface area (Å²) < 4.78 is 12.1. The van der Waals surface area contributed by atoms with Gasteiger partial charge < -0.3 is 9.26 Å². The van der Waals surface area contributed by atoms with E-state index >= 15 is 0 Å². The highest BCUT2D eigenvalue weighted by Gasteiger charge is 2.15. The van der Waals surface area contributed by atoms with Crippen molar-refractivity contribution in [2.24, 2.45) is 0 Å². The molecule has 4 rings (SSSR count). The van der Waals surface area contributed by atoms with Gasteiger partial charge in [-0.25, -0.2) is 4.98 Å². The topological polar surface area (TPSA) is 83.0 Å². The molecule has 31 heavy (non-hydrogen) atoms. The fourth-order valence-corrected chi connectivity index (χ4v) is 4.25. The van der Waals surface area contributed by atoms with Crippen LogP contribution < -0.4 is 5.56 Å². The average molecular weight is 477 g/mol. The highest BCUT2D eigenvalue weighted by molar-refractivity contribution is 7.98. The minimum atomic E-state index is -0.120.